The Labute approximate surface area is 102 Å². The van der Waals surface area contributed by atoms with E-state index in [-0.39, 0.29) is 17.0 Å². The van der Waals surface area contributed by atoms with Crippen LogP contribution >= 0.6 is 15.9 Å². The van der Waals surface area contributed by atoms with Gasteiger partial charge in [-0.1, -0.05) is 28.1 Å². The molecule has 0 fully saturated rings. The molecule has 0 saturated heterocycles. The number of anilines is 1. The van der Waals surface area contributed by atoms with Gasteiger partial charge in [0.15, 0.2) is 0 Å². The van der Waals surface area contributed by atoms with Crippen LogP contribution in [0.3, 0.4) is 0 Å². The highest BCUT2D eigenvalue weighted by atomic mass is 79.9. The zero-order chi connectivity index (χ0) is 11.5. The summed E-state index contributed by atoms with van der Waals surface area (Å²) in [6.45, 7) is 0. The number of benzene rings is 1. The van der Waals surface area contributed by atoms with Gasteiger partial charge in [0, 0.05) is 18.5 Å². The lowest BCUT2D eigenvalue weighted by atomic mass is 9.89. The molecule has 0 heterocycles. The van der Waals surface area contributed by atoms with Gasteiger partial charge in [0.05, 0.1) is 5.33 Å². The van der Waals surface area contributed by atoms with Gasteiger partial charge in [-0.3, -0.25) is 9.59 Å². The number of nitrogens with one attached hydrogen (secondary N) is 1. The molecule has 0 atom stereocenters. The van der Waals surface area contributed by atoms with E-state index in [1.807, 2.05) is 18.2 Å². The standard InChI is InChI=1S/C12H12BrNO2/c13-7-12(16)14-11-3-1-2-8-4-5-9(15)6-10(8)11/h1-3H,4-7H2,(H,14,16). The first-order valence-electron chi connectivity index (χ1n) is 5.19. The maximum Gasteiger partial charge on any atom is 0.235 e. The quantitative estimate of drug-likeness (QED) is 0.844. The van der Waals surface area contributed by atoms with Gasteiger partial charge >= 0.3 is 0 Å². The number of Topliss-reactive ketones (excluding diaryl/α,β-unsaturated/α-hetero) is 1. The van der Waals surface area contributed by atoms with E-state index < -0.39 is 0 Å². The topological polar surface area (TPSA) is 46.2 Å². The van der Waals surface area contributed by atoms with Crippen LogP contribution in [0, 0.1) is 0 Å². The SMILES string of the molecule is O=C1CCc2cccc(NC(=O)CBr)c2C1. The second-order valence-electron chi connectivity index (χ2n) is 3.84. The van der Waals surface area contributed by atoms with Crippen LogP contribution in [0.1, 0.15) is 17.5 Å². The fraction of sp³-hybridized carbons (Fsp3) is 0.333. The van der Waals surface area contributed by atoms with Crippen LogP contribution in [0.4, 0.5) is 5.69 Å². The summed E-state index contributed by atoms with van der Waals surface area (Å²) >= 11 is 3.10. The molecule has 0 radical (unpaired) electrons. The van der Waals surface area contributed by atoms with E-state index in [0.717, 1.165) is 17.7 Å². The number of halogens is 1. The molecular formula is C12H12BrNO2. The van der Waals surface area contributed by atoms with Crippen molar-refractivity contribution in [1.29, 1.82) is 0 Å². The summed E-state index contributed by atoms with van der Waals surface area (Å²) in [6.07, 6.45) is 1.84. The van der Waals surface area contributed by atoms with E-state index in [1.165, 1.54) is 5.56 Å². The molecular weight excluding hydrogens is 270 g/mol. The first kappa shape index (κ1) is 11.3. The Hall–Kier alpha value is -1.16. The molecule has 0 spiro atoms. The Morgan fingerprint density at radius 3 is 2.94 bits per heavy atom. The van der Waals surface area contributed by atoms with Crippen molar-refractivity contribution in [3.05, 3.63) is 29.3 Å². The molecule has 4 heteroatoms. The number of carbonyl (C=O) groups excluding carboxylic acids is 2. The Morgan fingerprint density at radius 1 is 1.38 bits per heavy atom. The molecule has 1 aliphatic carbocycles. The zero-order valence-corrected chi connectivity index (χ0v) is 10.3. The van der Waals surface area contributed by atoms with Crippen LogP contribution in [0.15, 0.2) is 18.2 Å². The lowest BCUT2D eigenvalue weighted by Gasteiger charge is -2.18. The van der Waals surface area contributed by atoms with Gasteiger partial charge in [-0.05, 0) is 23.6 Å². The van der Waals surface area contributed by atoms with Crippen molar-refractivity contribution in [2.24, 2.45) is 0 Å². The van der Waals surface area contributed by atoms with E-state index in [1.54, 1.807) is 0 Å². The van der Waals surface area contributed by atoms with E-state index in [9.17, 15) is 9.59 Å². The van der Waals surface area contributed by atoms with Crippen molar-refractivity contribution in [3.8, 4) is 0 Å². The van der Waals surface area contributed by atoms with Crippen LogP contribution in [-0.2, 0) is 22.4 Å². The number of carbonyl (C=O) groups is 2. The summed E-state index contributed by atoms with van der Waals surface area (Å²) in [7, 11) is 0. The summed E-state index contributed by atoms with van der Waals surface area (Å²) in [5.41, 5.74) is 2.93. The zero-order valence-electron chi connectivity index (χ0n) is 8.75. The van der Waals surface area contributed by atoms with Crippen molar-refractivity contribution < 1.29 is 9.59 Å². The van der Waals surface area contributed by atoms with Crippen molar-refractivity contribution >= 4 is 33.3 Å². The summed E-state index contributed by atoms with van der Waals surface area (Å²) in [4.78, 5) is 22.7. The van der Waals surface area contributed by atoms with E-state index in [0.29, 0.717) is 12.8 Å². The van der Waals surface area contributed by atoms with Gasteiger partial charge in [-0.25, -0.2) is 0 Å². The van der Waals surface area contributed by atoms with Crippen molar-refractivity contribution in [3.63, 3.8) is 0 Å². The Bertz CT molecular complexity index is 443. The molecule has 0 aliphatic heterocycles. The molecule has 2 rings (SSSR count). The van der Waals surface area contributed by atoms with E-state index >= 15 is 0 Å². The van der Waals surface area contributed by atoms with E-state index in [2.05, 4.69) is 21.2 Å². The molecule has 1 aromatic carbocycles. The summed E-state index contributed by atoms with van der Waals surface area (Å²) in [5.74, 6) is 0.152. The minimum atomic E-state index is -0.0913. The number of fused-ring (bicyclic) bond motifs is 1. The first-order valence-corrected chi connectivity index (χ1v) is 6.31. The minimum absolute atomic E-state index is 0.0913. The highest BCUT2D eigenvalue weighted by molar-refractivity contribution is 9.09. The third-order valence-corrected chi connectivity index (χ3v) is 3.22. The molecule has 0 aromatic heterocycles. The number of amides is 1. The fourth-order valence-electron chi connectivity index (χ4n) is 1.94. The highest BCUT2D eigenvalue weighted by Gasteiger charge is 2.18. The fourth-order valence-corrected chi connectivity index (χ4v) is 2.08. The normalized spacial score (nSPS) is 14.4. The third-order valence-electron chi connectivity index (χ3n) is 2.72. The van der Waals surface area contributed by atoms with Gasteiger partial charge in [0.2, 0.25) is 5.91 Å². The number of ketones is 1. The second kappa shape index (κ2) is 4.78. The average molecular weight is 282 g/mol. The minimum Gasteiger partial charge on any atom is -0.325 e. The molecule has 1 aromatic rings. The molecule has 0 unspecified atom stereocenters. The summed E-state index contributed by atoms with van der Waals surface area (Å²) < 4.78 is 0. The summed E-state index contributed by atoms with van der Waals surface area (Å²) in [5, 5.41) is 3.07. The number of rotatable bonds is 2. The van der Waals surface area contributed by atoms with E-state index in [4.69, 9.17) is 0 Å². The van der Waals surface area contributed by atoms with Crippen molar-refractivity contribution in [2.45, 2.75) is 19.3 Å². The van der Waals surface area contributed by atoms with Crippen LogP contribution < -0.4 is 5.32 Å². The lowest BCUT2D eigenvalue weighted by Crippen LogP contribution is -2.19. The molecule has 1 N–H and O–H groups in total. The van der Waals surface area contributed by atoms with Crippen LogP contribution in [0.2, 0.25) is 0 Å². The van der Waals surface area contributed by atoms with Gasteiger partial charge < -0.3 is 5.32 Å². The first-order chi connectivity index (χ1) is 7.70. The lowest BCUT2D eigenvalue weighted by molar-refractivity contribution is -0.119. The molecule has 1 aliphatic rings. The highest BCUT2D eigenvalue weighted by Crippen LogP contribution is 2.26. The van der Waals surface area contributed by atoms with Gasteiger partial charge in [-0.15, -0.1) is 0 Å². The van der Waals surface area contributed by atoms with Crippen LogP contribution in [0.25, 0.3) is 0 Å². The molecule has 0 bridgehead atoms. The van der Waals surface area contributed by atoms with Gasteiger partial charge in [0.1, 0.15) is 5.78 Å². The molecule has 1 amide bonds. The Balaban J connectivity index is 2.32. The predicted molar refractivity (Wildman–Crippen MR) is 65.9 cm³/mol. The average Bonchev–Trinajstić information content (AvgIpc) is 2.29. The van der Waals surface area contributed by atoms with Gasteiger partial charge in [-0.2, -0.15) is 0 Å². The number of alkyl halides is 1. The number of hydrogen-bond acceptors (Lipinski definition) is 2. The van der Waals surface area contributed by atoms with Crippen LogP contribution in [0.5, 0.6) is 0 Å². The Morgan fingerprint density at radius 2 is 2.19 bits per heavy atom. The summed E-state index contributed by atoms with van der Waals surface area (Å²) in [6, 6.07) is 5.78. The van der Waals surface area contributed by atoms with Crippen LogP contribution in [-0.4, -0.2) is 17.0 Å². The molecule has 84 valence electrons. The number of aryl methyl sites for hydroxylation is 1. The largest absolute Gasteiger partial charge is 0.325 e. The maximum atomic E-state index is 11.4. The maximum absolute atomic E-state index is 11.4. The molecule has 3 nitrogen and oxygen atoms in total. The Kier molecular flexibility index (Phi) is 3.39. The predicted octanol–water partition coefficient (Wildman–Crippen LogP) is 2.08. The van der Waals surface area contributed by atoms with Crippen molar-refractivity contribution in [1.82, 2.24) is 0 Å². The monoisotopic (exact) mass is 281 g/mol. The molecule has 0 saturated carbocycles. The molecule has 16 heavy (non-hydrogen) atoms. The smallest absolute Gasteiger partial charge is 0.235 e. The van der Waals surface area contributed by atoms with Crippen molar-refractivity contribution in [2.75, 3.05) is 10.6 Å². The third kappa shape index (κ3) is 2.32. The second-order valence-corrected chi connectivity index (χ2v) is 4.40. The van der Waals surface area contributed by atoms with Gasteiger partial charge in [0.25, 0.3) is 0 Å². The number of hydrogen-bond donors (Lipinski definition) is 1.